The summed E-state index contributed by atoms with van der Waals surface area (Å²) in [6.07, 6.45) is 1.42. The van der Waals surface area contributed by atoms with E-state index in [4.69, 9.17) is 16.3 Å². The van der Waals surface area contributed by atoms with Crippen molar-refractivity contribution in [2.24, 2.45) is 0 Å². The van der Waals surface area contributed by atoms with Gasteiger partial charge < -0.3 is 9.64 Å². The zero-order valence-corrected chi connectivity index (χ0v) is 14.8. The van der Waals surface area contributed by atoms with Crippen LogP contribution in [0.15, 0.2) is 24.4 Å². The van der Waals surface area contributed by atoms with Crippen molar-refractivity contribution in [1.82, 2.24) is 14.9 Å². The van der Waals surface area contributed by atoms with Gasteiger partial charge in [0, 0.05) is 12.6 Å². The number of ether oxygens (including phenoxy) is 1. The summed E-state index contributed by atoms with van der Waals surface area (Å²) in [6.45, 7) is 7.85. The molecule has 7 heteroatoms. The molecule has 2 aromatic rings. The van der Waals surface area contributed by atoms with Gasteiger partial charge in [0.05, 0.1) is 11.8 Å². The van der Waals surface area contributed by atoms with Crippen molar-refractivity contribution in [3.8, 4) is 11.5 Å². The molecular formula is C17H19ClFN3O2. The molecule has 0 saturated carbocycles. The van der Waals surface area contributed by atoms with Gasteiger partial charge in [0.2, 0.25) is 0 Å². The number of halogens is 2. The number of hydrogen-bond donors (Lipinski definition) is 0. The van der Waals surface area contributed by atoms with E-state index in [-0.39, 0.29) is 34.2 Å². The Labute approximate surface area is 145 Å². The first-order chi connectivity index (χ1) is 11.3. The van der Waals surface area contributed by atoms with Crippen LogP contribution in [0.4, 0.5) is 4.39 Å². The molecule has 1 aromatic carbocycles. The molecule has 0 radical (unpaired) electrons. The topological polar surface area (TPSA) is 55.3 Å². The molecule has 24 heavy (non-hydrogen) atoms. The van der Waals surface area contributed by atoms with Gasteiger partial charge in [0.25, 0.3) is 5.91 Å². The second kappa shape index (κ2) is 7.57. The fourth-order valence-electron chi connectivity index (χ4n) is 2.27. The first kappa shape index (κ1) is 18.1. The Morgan fingerprint density at radius 3 is 2.67 bits per heavy atom. The van der Waals surface area contributed by atoms with Crippen LogP contribution >= 0.6 is 11.6 Å². The summed E-state index contributed by atoms with van der Waals surface area (Å²) in [5.74, 6) is 0.0769. The molecule has 0 saturated heterocycles. The van der Waals surface area contributed by atoms with Crippen LogP contribution in [-0.2, 0) is 0 Å². The minimum absolute atomic E-state index is 0.0232. The highest BCUT2D eigenvalue weighted by atomic mass is 35.5. The Hall–Kier alpha value is -2.21. The standard InChI is InChI=1S/C17H19ClFN3O2/c1-5-22(10(2)3)17(23)13-8-12(19)6-7-14(13)24-15-9-20-11(4)21-16(15)18/h6-10H,5H2,1-4H3. The van der Waals surface area contributed by atoms with Crippen molar-refractivity contribution in [3.05, 3.63) is 46.8 Å². The number of carbonyl (C=O) groups is 1. The number of carbonyl (C=O) groups excluding carboxylic acids is 1. The van der Waals surface area contributed by atoms with Crippen LogP contribution in [0.3, 0.4) is 0 Å². The molecule has 0 atom stereocenters. The molecule has 0 fully saturated rings. The van der Waals surface area contributed by atoms with Gasteiger partial charge in [0.1, 0.15) is 17.4 Å². The van der Waals surface area contributed by atoms with E-state index in [0.29, 0.717) is 12.4 Å². The highest BCUT2D eigenvalue weighted by molar-refractivity contribution is 6.30. The van der Waals surface area contributed by atoms with E-state index in [0.717, 1.165) is 6.07 Å². The van der Waals surface area contributed by atoms with Crippen LogP contribution in [0, 0.1) is 12.7 Å². The number of aromatic nitrogens is 2. The third-order valence-corrected chi connectivity index (χ3v) is 3.72. The summed E-state index contributed by atoms with van der Waals surface area (Å²) in [6, 6.07) is 3.75. The fourth-order valence-corrected chi connectivity index (χ4v) is 2.48. The molecule has 1 heterocycles. The summed E-state index contributed by atoms with van der Waals surface area (Å²) in [5, 5.41) is 0.126. The summed E-state index contributed by atoms with van der Waals surface area (Å²) in [5.41, 5.74) is 0.127. The largest absolute Gasteiger partial charge is 0.452 e. The van der Waals surface area contributed by atoms with Crippen molar-refractivity contribution in [2.75, 3.05) is 6.54 Å². The minimum atomic E-state index is -0.517. The Morgan fingerprint density at radius 1 is 1.38 bits per heavy atom. The monoisotopic (exact) mass is 351 g/mol. The van der Waals surface area contributed by atoms with Gasteiger partial charge in [-0.3, -0.25) is 4.79 Å². The van der Waals surface area contributed by atoms with E-state index in [1.54, 1.807) is 11.8 Å². The van der Waals surface area contributed by atoms with Crippen LogP contribution in [-0.4, -0.2) is 33.4 Å². The average molecular weight is 352 g/mol. The highest BCUT2D eigenvalue weighted by Crippen LogP contribution is 2.31. The van der Waals surface area contributed by atoms with E-state index in [9.17, 15) is 9.18 Å². The fraction of sp³-hybridized carbons (Fsp3) is 0.353. The number of amides is 1. The Kier molecular flexibility index (Phi) is 5.72. The zero-order chi connectivity index (χ0) is 17.9. The number of hydrogen-bond acceptors (Lipinski definition) is 4. The van der Waals surface area contributed by atoms with E-state index < -0.39 is 5.82 Å². The molecular weight excluding hydrogens is 333 g/mol. The molecule has 128 valence electrons. The maximum atomic E-state index is 13.7. The molecule has 5 nitrogen and oxygen atoms in total. The lowest BCUT2D eigenvalue weighted by Crippen LogP contribution is -2.36. The van der Waals surface area contributed by atoms with Crippen molar-refractivity contribution in [1.29, 1.82) is 0 Å². The minimum Gasteiger partial charge on any atom is -0.452 e. The SMILES string of the molecule is CCN(C(=O)c1cc(F)ccc1Oc1cnc(C)nc1Cl)C(C)C. The molecule has 0 N–H and O–H groups in total. The molecule has 0 unspecified atom stereocenters. The molecule has 2 rings (SSSR count). The number of benzene rings is 1. The second-order valence-electron chi connectivity index (χ2n) is 5.50. The van der Waals surface area contributed by atoms with E-state index >= 15 is 0 Å². The lowest BCUT2D eigenvalue weighted by molar-refractivity contribution is 0.0713. The number of aryl methyl sites for hydroxylation is 1. The lowest BCUT2D eigenvalue weighted by Gasteiger charge is -2.26. The van der Waals surface area contributed by atoms with E-state index in [1.165, 1.54) is 18.3 Å². The summed E-state index contributed by atoms with van der Waals surface area (Å²) in [4.78, 5) is 22.4. The van der Waals surface area contributed by atoms with Crippen LogP contribution in [0.5, 0.6) is 11.5 Å². The van der Waals surface area contributed by atoms with Crippen molar-refractivity contribution < 1.29 is 13.9 Å². The number of rotatable bonds is 5. The summed E-state index contributed by atoms with van der Waals surface area (Å²) >= 11 is 6.04. The average Bonchev–Trinajstić information content (AvgIpc) is 2.51. The van der Waals surface area contributed by atoms with Gasteiger partial charge in [-0.2, -0.15) is 0 Å². The third-order valence-electron chi connectivity index (χ3n) is 3.45. The predicted octanol–water partition coefficient (Wildman–Crippen LogP) is 4.24. The molecule has 0 aliphatic heterocycles. The second-order valence-corrected chi connectivity index (χ2v) is 5.86. The highest BCUT2D eigenvalue weighted by Gasteiger charge is 2.22. The predicted molar refractivity (Wildman–Crippen MR) is 90.1 cm³/mol. The van der Waals surface area contributed by atoms with Crippen LogP contribution in [0.2, 0.25) is 5.15 Å². The first-order valence-corrected chi connectivity index (χ1v) is 7.98. The Bertz CT molecular complexity index is 753. The van der Waals surface area contributed by atoms with E-state index in [1.807, 2.05) is 20.8 Å². The van der Waals surface area contributed by atoms with Gasteiger partial charge >= 0.3 is 0 Å². The summed E-state index contributed by atoms with van der Waals surface area (Å²) < 4.78 is 19.3. The molecule has 1 amide bonds. The van der Waals surface area contributed by atoms with Gasteiger partial charge in [-0.15, -0.1) is 0 Å². The smallest absolute Gasteiger partial charge is 0.257 e. The Morgan fingerprint density at radius 2 is 2.08 bits per heavy atom. The quantitative estimate of drug-likeness (QED) is 0.756. The molecule has 0 spiro atoms. The van der Waals surface area contributed by atoms with Gasteiger partial charge in [-0.25, -0.2) is 14.4 Å². The van der Waals surface area contributed by atoms with Gasteiger partial charge in [-0.05, 0) is 45.9 Å². The zero-order valence-electron chi connectivity index (χ0n) is 14.0. The number of nitrogens with zero attached hydrogens (tertiary/aromatic N) is 3. The maximum Gasteiger partial charge on any atom is 0.257 e. The lowest BCUT2D eigenvalue weighted by atomic mass is 10.1. The normalized spacial score (nSPS) is 10.8. The van der Waals surface area contributed by atoms with Crippen molar-refractivity contribution in [2.45, 2.75) is 33.7 Å². The maximum absolute atomic E-state index is 13.7. The van der Waals surface area contributed by atoms with Crippen LogP contribution in [0.1, 0.15) is 37.0 Å². The van der Waals surface area contributed by atoms with Crippen molar-refractivity contribution in [3.63, 3.8) is 0 Å². The molecule has 1 aromatic heterocycles. The first-order valence-electron chi connectivity index (χ1n) is 7.61. The van der Waals surface area contributed by atoms with Gasteiger partial charge in [0.15, 0.2) is 10.9 Å². The van der Waals surface area contributed by atoms with Crippen molar-refractivity contribution >= 4 is 17.5 Å². The summed E-state index contributed by atoms with van der Waals surface area (Å²) in [7, 11) is 0. The van der Waals surface area contributed by atoms with Crippen LogP contribution in [0.25, 0.3) is 0 Å². The third kappa shape index (κ3) is 4.00. The molecule has 0 bridgehead atoms. The molecule has 0 aliphatic carbocycles. The van der Waals surface area contributed by atoms with Crippen LogP contribution < -0.4 is 4.74 Å². The van der Waals surface area contributed by atoms with E-state index in [2.05, 4.69) is 9.97 Å². The molecule has 0 aliphatic rings. The van der Waals surface area contributed by atoms with Gasteiger partial charge in [-0.1, -0.05) is 11.6 Å². The Balaban J connectivity index is 2.42.